The Morgan fingerprint density at radius 2 is 1.67 bits per heavy atom. The van der Waals surface area contributed by atoms with Crippen LogP contribution in [0.2, 0.25) is 0 Å². The summed E-state index contributed by atoms with van der Waals surface area (Å²) < 4.78 is 17.4. The Hall–Kier alpha value is -3.85. The highest BCUT2D eigenvalue weighted by molar-refractivity contribution is 5.79. The summed E-state index contributed by atoms with van der Waals surface area (Å²) in [4.78, 5) is 30.9. The number of carbonyl (C=O) groups excluding carboxylic acids is 2. The number of urea groups is 1. The van der Waals surface area contributed by atoms with Crippen molar-refractivity contribution >= 4 is 12.3 Å². The highest BCUT2D eigenvalue weighted by atomic mass is 16.5. The van der Waals surface area contributed by atoms with Crippen LogP contribution in [0, 0.1) is 0 Å². The van der Waals surface area contributed by atoms with Crippen LogP contribution in [0.4, 0.5) is 4.79 Å². The van der Waals surface area contributed by atoms with E-state index in [9.17, 15) is 14.8 Å². The maximum atomic E-state index is 12.4. The van der Waals surface area contributed by atoms with E-state index < -0.39 is 11.4 Å². The Labute approximate surface area is 210 Å². The van der Waals surface area contributed by atoms with Crippen LogP contribution in [0.5, 0.6) is 11.5 Å². The van der Waals surface area contributed by atoms with E-state index in [1.54, 1.807) is 7.11 Å². The summed E-state index contributed by atoms with van der Waals surface area (Å²) in [6.07, 6.45) is 1.59. The van der Waals surface area contributed by atoms with Crippen LogP contribution in [-0.2, 0) is 10.2 Å². The normalized spacial score (nSPS) is 15.0. The standard InChI is InChI=1S/C27H31N3O6/c1-18(2)35-22-11-5-19(6-12-22)23-24(20-7-9-21(34-4)10-8-20)36-25(28-23)27(17-31)13-15-30(16-14-27)26(32)29(3)33/h5-12,17-18,33H,13-16H2,1-4H3. The van der Waals surface area contributed by atoms with Crippen LogP contribution < -0.4 is 9.47 Å². The van der Waals surface area contributed by atoms with Crippen molar-refractivity contribution in [1.82, 2.24) is 14.9 Å². The van der Waals surface area contributed by atoms with Gasteiger partial charge in [-0.25, -0.2) is 14.8 Å². The van der Waals surface area contributed by atoms with Crippen molar-refractivity contribution in [1.29, 1.82) is 0 Å². The first-order valence-corrected chi connectivity index (χ1v) is 11.9. The minimum atomic E-state index is -0.981. The van der Waals surface area contributed by atoms with E-state index in [1.165, 1.54) is 11.9 Å². The molecule has 0 radical (unpaired) electrons. The molecule has 190 valence electrons. The average molecular weight is 494 g/mol. The second-order valence-corrected chi connectivity index (χ2v) is 9.18. The van der Waals surface area contributed by atoms with Gasteiger partial charge in [-0.3, -0.25) is 5.21 Å². The fourth-order valence-corrected chi connectivity index (χ4v) is 4.31. The van der Waals surface area contributed by atoms with Crippen molar-refractivity contribution in [3.63, 3.8) is 0 Å². The number of ether oxygens (including phenoxy) is 2. The number of amides is 2. The Morgan fingerprint density at radius 3 is 2.19 bits per heavy atom. The van der Waals surface area contributed by atoms with Crippen molar-refractivity contribution < 1.29 is 28.7 Å². The van der Waals surface area contributed by atoms with Crippen molar-refractivity contribution in [2.45, 2.75) is 38.2 Å². The van der Waals surface area contributed by atoms with Crippen molar-refractivity contribution in [2.75, 3.05) is 27.2 Å². The highest BCUT2D eigenvalue weighted by Crippen LogP contribution is 2.40. The van der Waals surface area contributed by atoms with Crippen molar-refractivity contribution in [3.05, 3.63) is 54.4 Å². The van der Waals surface area contributed by atoms with Gasteiger partial charge >= 0.3 is 6.03 Å². The summed E-state index contributed by atoms with van der Waals surface area (Å²) in [6.45, 7) is 4.52. The fraction of sp³-hybridized carbons (Fsp3) is 0.370. The molecule has 1 aliphatic heterocycles. The van der Waals surface area contributed by atoms with Gasteiger partial charge in [-0.1, -0.05) is 0 Å². The van der Waals surface area contributed by atoms with Gasteiger partial charge in [-0.05, 0) is 75.2 Å². The molecule has 1 aliphatic rings. The number of nitrogens with zero attached hydrogens (tertiary/aromatic N) is 3. The molecule has 0 saturated carbocycles. The molecule has 2 heterocycles. The zero-order valence-corrected chi connectivity index (χ0v) is 20.9. The third-order valence-electron chi connectivity index (χ3n) is 6.33. The van der Waals surface area contributed by atoms with Crippen LogP contribution >= 0.6 is 0 Å². The number of carbonyl (C=O) groups is 2. The van der Waals surface area contributed by atoms with Crippen LogP contribution in [-0.4, -0.2) is 65.8 Å². The summed E-state index contributed by atoms with van der Waals surface area (Å²) in [5.41, 5.74) is 1.25. The minimum Gasteiger partial charge on any atom is -0.497 e. The van der Waals surface area contributed by atoms with Crippen LogP contribution in [0.1, 0.15) is 32.6 Å². The van der Waals surface area contributed by atoms with Gasteiger partial charge in [-0.15, -0.1) is 0 Å². The van der Waals surface area contributed by atoms with E-state index in [0.717, 1.165) is 23.2 Å². The van der Waals surface area contributed by atoms with Gasteiger partial charge in [0.05, 0.1) is 13.2 Å². The number of hydroxylamine groups is 2. The maximum absolute atomic E-state index is 12.4. The number of hydrogen-bond acceptors (Lipinski definition) is 7. The number of aldehydes is 1. The Kier molecular flexibility index (Phi) is 7.30. The summed E-state index contributed by atoms with van der Waals surface area (Å²) in [5, 5.41) is 10.0. The number of oxazole rings is 1. The lowest BCUT2D eigenvalue weighted by Crippen LogP contribution is -2.49. The summed E-state index contributed by atoms with van der Waals surface area (Å²) in [6, 6.07) is 14.5. The minimum absolute atomic E-state index is 0.0557. The fourth-order valence-electron chi connectivity index (χ4n) is 4.31. The van der Waals surface area contributed by atoms with Crippen molar-refractivity contribution in [3.8, 4) is 34.1 Å². The van der Waals surface area contributed by atoms with Gasteiger partial charge in [0, 0.05) is 31.3 Å². The van der Waals surface area contributed by atoms with Gasteiger partial charge in [0.1, 0.15) is 28.9 Å². The summed E-state index contributed by atoms with van der Waals surface area (Å²) in [7, 11) is 2.89. The monoisotopic (exact) mass is 493 g/mol. The number of methoxy groups -OCH3 is 1. The highest BCUT2D eigenvalue weighted by Gasteiger charge is 2.42. The van der Waals surface area contributed by atoms with E-state index in [0.29, 0.717) is 54.1 Å². The first-order chi connectivity index (χ1) is 17.3. The first-order valence-electron chi connectivity index (χ1n) is 11.9. The molecule has 3 aromatic rings. The number of likely N-dealkylation sites (tertiary alicyclic amines) is 1. The van der Waals surface area contributed by atoms with Gasteiger partial charge < -0.3 is 23.6 Å². The molecule has 1 aromatic heterocycles. The van der Waals surface area contributed by atoms with Crippen molar-refractivity contribution in [2.24, 2.45) is 0 Å². The molecule has 4 rings (SSSR count). The van der Waals surface area contributed by atoms with E-state index in [-0.39, 0.29) is 6.10 Å². The quantitative estimate of drug-likeness (QED) is 0.287. The molecule has 2 amide bonds. The lowest BCUT2D eigenvalue weighted by molar-refractivity contribution is -0.115. The zero-order chi connectivity index (χ0) is 25.9. The predicted molar refractivity (Wildman–Crippen MR) is 133 cm³/mol. The number of piperidine rings is 1. The molecule has 1 N–H and O–H groups in total. The Bertz CT molecular complexity index is 1190. The second kappa shape index (κ2) is 10.4. The third kappa shape index (κ3) is 5.06. The number of rotatable bonds is 7. The summed E-state index contributed by atoms with van der Waals surface area (Å²) >= 11 is 0. The smallest absolute Gasteiger partial charge is 0.343 e. The van der Waals surface area contributed by atoms with Gasteiger partial charge in [-0.2, -0.15) is 0 Å². The van der Waals surface area contributed by atoms with Gasteiger partial charge in [0.2, 0.25) is 5.89 Å². The lowest BCUT2D eigenvalue weighted by atomic mass is 9.79. The van der Waals surface area contributed by atoms with Crippen LogP contribution in [0.3, 0.4) is 0 Å². The largest absolute Gasteiger partial charge is 0.497 e. The molecule has 9 heteroatoms. The number of hydrogen-bond donors (Lipinski definition) is 1. The molecule has 36 heavy (non-hydrogen) atoms. The zero-order valence-electron chi connectivity index (χ0n) is 20.9. The maximum Gasteiger partial charge on any atom is 0.343 e. The average Bonchev–Trinajstić information content (AvgIpc) is 3.34. The molecule has 1 saturated heterocycles. The number of aromatic nitrogens is 1. The van der Waals surface area contributed by atoms with E-state index in [2.05, 4.69) is 0 Å². The van der Waals surface area contributed by atoms with Gasteiger partial charge in [0.15, 0.2) is 5.76 Å². The Balaban J connectivity index is 1.73. The van der Waals surface area contributed by atoms with E-state index in [4.69, 9.17) is 18.9 Å². The van der Waals surface area contributed by atoms with E-state index in [1.807, 2.05) is 62.4 Å². The molecule has 0 atom stereocenters. The SMILES string of the molecule is COc1ccc(-c2oc(C3(C=O)CCN(C(=O)N(C)O)CC3)nc2-c2ccc(OC(C)C)cc2)cc1. The molecule has 0 bridgehead atoms. The molecule has 9 nitrogen and oxygen atoms in total. The molecule has 0 spiro atoms. The van der Waals surface area contributed by atoms with E-state index >= 15 is 0 Å². The topological polar surface area (TPSA) is 105 Å². The molecular weight excluding hydrogens is 462 g/mol. The Morgan fingerprint density at radius 1 is 1.08 bits per heavy atom. The molecule has 1 fully saturated rings. The third-order valence-corrected chi connectivity index (χ3v) is 6.33. The van der Waals surface area contributed by atoms with Crippen LogP contribution in [0.15, 0.2) is 52.9 Å². The lowest BCUT2D eigenvalue weighted by Gasteiger charge is -2.36. The molecule has 0 unspecified atom stereocenters. The molecular formula is C27H31N3O6. The number of benzene rings is 2. The summed E-state index contributed by atoms with van der Waals surface area (Å²) in [5.74, 6) is 2.31. The van der Waals surface area contributed by atoms with Crippen LogP contribution in [0.25, 0.3) is 22.6 Å². The first kappa shape index (κ1) is 25.2. The molecule has 0 aliphatic carbocycles. The predicted octanol–water partition coefficient (Wildman–Crippen LogP) is 4.78. The molecule has 2 aromatic carbocycles. The van der Waals surface area contributed by atoms with Gasteiger partial charge in [0.25, 0.3) is 0 Å². The second-order valence-electron chi connectivity index (χ2n) is 9.18.